The number of hydrogen-bond acceptors (Lipinski definition) is 6. The van der Waals surface area contributed by atoms with Gasteiger partial charge < -0.3 is 24.6 Å². The highest BCUT2D eigenvalue weighted by molar-refractivity contribution is 5.94. The predicted octanol–water partition coefficient (Wildman–Crippen LogP) is 4.63. The van der Waals surface area contributed by atoms with Gasteiger partial charge in [0.25, 0.3) is 0 Å². The van der Waals surface area contributed by atoms with Crippen LogP contribution in [0.15, 0.2) is 18.2 Å². The zero-order valence-electron chi connectivity index (χ0n) is 19.4. The number of halogens is 3. The van der Waals surface area contributed by atoms with Crippen LogP contribution < -0.4 is 14.8 Å². The number of fused-ring (bicyclic) bond motifs is 1. The Kier molecular flexibility index (Phi) is 7.48. The van der Waals surface area contributed by atoms with Gasteiger partial charge in [-0.3, -0.25) is 0 Å². The number of nitrogens with one attached hydrogen (secondary N) is 1. The van der Waals surface area contributed by atoms with Crippen LogP contribution in [0.5, 0.6) is 11.5 Å². The molecular weight excluding hydrogens is 433 g/mol. The topological polar surface area (TPSA) is 49.9 Å². The second-order valence-electron chi connectivity index (χ2n) is 9.05. The van der Waals surface area contributed by atoms with Crippen molar-refractivity contribution in [2.24, 2.45) is 0 Å². The second-order valence-corrected chi connectivity index (χ2v) is 9.05. The zero-order valence-corrected chi connectivity index (χ0v) is 19.4. The number of aromatic nitrogens is 1. The quantitative estimate of drug-likeness (QED) is 0.573. The van der Waals surface area contributed by atoms with E-state index in [2.05, 4.69) is 27.1 Å². The summed E-state index contributed by atoms with van der Waals surface area (Å²) in [4.78, 5) is 8.55. The van der Waals surface area contributed by atoms with E-state index in [0.29, 0.717) is 29.2 Å². The molecule has 2 aliphatic heterocycles. The van der Waals surface area contributed by atoms with Gasteiger partial charge in [-0.1, -0.05) is 0 Å². The van der Waals surface area contributed by atoms with Crippen LogP contribution in [0.4, 0.5) is 18.9 Å². The Hall–Kier alpha value is -2.26. The van der Waals surface area contributed by atoms with Crippen molar-refractivity contribution in [3.05, 3.63) is 23.9 Å². The van der Waals surface area contributed by atoms with Crippen molar-refractivity contribution < 1.29 is 22.6 Å². The van der Waals surface area contributed by atoms with Gasteiger partial charge in [0.05, 0.1) is 19.2 Å². The maximum absolute atomic E-state index is 13.6. The van der Waals surface area contributed by atoms with Gasteiger partial charge in [0, 0.05) is 29.7 Å². The molecule has 0 atom stereocenters. The molecule has 0 amide bonds. The largest absolute Gasteiger partial charge is 0.493 e. The highest BCUT2D eigenvalue weighted by Crippen LogP contribution is 2.39. The Bertz CT molecular complexity index is 939. The maximum Gasteiger partial charge on any atom is 0.433 e. The normalized spacial score (nSPS) is 18.7. The van der Waals surface area contributed by atoms with E-state index in [4.69, 9.17) is 9.47 Å². The first-order valence-corrected chi connectivity index (χ1v) is 11.7. The molecule has 1 aromatic heterocycles. The molecule has 0 radical (unpaired) electrons. The molecule has 6 nitrogen and oxygen atoms in total. The van der Waals surface area contributed by atoms with Crippen molar-refractivity contribution in [2.75, 3.05) is 58.8 Å². The van der Waals surface area contributed by atoms with E-state index in [1.54, 1.807) is 19.2 Å². The Morgan fingerprint density at radius 2 is 1.79 bits per heavy atom. The average molecular weight is 467 g/mol. The van der Waals surface area contributed by atoms with Crippen LogP contribution >= 0.6 is 0 Å². The molecule has 0 bridgehead atoms. The van der Waals surface area contributed by atoms with Gasteiger partial charge in [-0.2, -0.15) is 13.2 Å². The van der Waals surface area contributed by atoms with Crippen LogP contribution in [0.1, 0.15) is 37.8 Å². The smallest absolute Gasteiger partial charge is 0.433 e. The van der Waals surface area contributed by atoms with Crippen LogP contribution in [0.25, 0.3) is 10.9 Å². The van der Waals surface area contributed by atoms with Gasteiger partial charge >= 0.3 is 6.18 Å². The van der Waals surface area contributed by atoms with Gasteiger partial charge in [-0.05, 0) is 77.5 Å². The lowest BCUT2D eigenvalue weighted by Gasteiger charge is -2.30. The Morgan fingerprint density at radius 3 is 2.45 bits per heavy atom. The molecule has 0 saturated carbocycles. The number of pyridine rings is 1. The Morgan fingerprint density at radius 1 is 1.06 bits per heavy atom. The van der Waals surface area contributed by atoms with E-state index in [0.717, 1.165) is 58.1 Å². The summed E-state index contributed by atoms with van der Waals surface area (Å²) in [5.74, 6) is 0.917. The third-order valence-corrected chi connectivity index (χ3v) is 6.54. The lowest BCUT2D eigenvalue weighted by Crippen LogP contribution is -2.36. The molecule has 3 heterocycles. The van der Waals surface area contributed by atoms with Crippen LogP contribution in [-0.4, -0.2) is 74.3 Å². The minimum Gasteiger partial charge on any atom is -0.493 e. The maximum atomic E-state index is 13.6. The van der Waals surface area contributed by atoms with Gasteiger partial charge in [0.2, 0.25) is 0 Å². The number of rotatable bonds is 8. The third kappa shape index (κ3) is 6.00. The summed E-state index contributed by atoms with van der Waals surface area (Å²) in [6.07, 6.45) is 0.531. The van der Waals surface area contributed by atoms with Gasteiger partial charge in [0.15, 0.2) is 11.5 Å². The molecule has 1 aromatic carbocycles. The number of piperidine rings is 1. The molecule has 2 saturated heterocycles. The summed E-state index contributed by atoms with van der Waals surface area (Å²) in [5.41, 5.74) is -0.230. The SMILES string of the molecule is COc1cc2c(NC3CCN(C)CC3)cc(C(F)(F)F)nc2cc1OCCCN1CCCC1. The lowest BCUT2D eigenvalue weighted by atomic mass is 10.0. The number of benzene rings is 1. The van der Waals surface area contributed by atoms with Crippen molar-refractivity contribution in [3.8, 4) is 11.5 Å². The van der Waals surface area contributed by atoms with E-state index in [-0.39, 0.29) is 11.6 Å². The number of likely N-dealkylation sites (tertiary alicyclic amines) is 2. The molecule has 0 unspecified atom stereocenters. The first kappa shape index (κ1) is 23.9. The monoisotopic (exact) mass is 466 g/mol. The number of hydrogen-bond donors (Lipinski definition) is 1. The number of alkyl halides is 3. The van der Waals surface area contributed by atoms with E-state index >= 15 is 0 Å². The molecule has 2 fully saturated rings. The highest BCUT2D eigenvalue weighted by Gasteiger charge is 2.34. The van der Waals surface area contributed by atoms with Gasteiger partial charge in [0.1, 0.15) is 5.69 Å². The van der Waals surface area contributed by atoms with Crippen molar-refractivity contribution in [2.45, 2.75) is 44.3 Å². The van der Waals surface area contributed by atoms with E-state index in [1.165, 1.54) is 12.8 Å². The zero-order chi connectivity index (χ0) is 23.4. The van der Waals surface area contributed by atoms with Gasteiger partial charge in [-0.15, -0.1) is 0 Å². The fourth-order valence-corrected chi connectivity index (χ4v) is 4.62. The standard InChI is InChI=1S/C24H33F3N4O2/c1-30-11-6-17(7-12-30)28-20-16-23(24(25,26)27)29-19-15-22(21(32-2)14-18(19)20)33-13-5-10-31-8-3-4-9-31/h14-17H,3-13H2,1-2H3,(H,28,29). The van der Waals surface area contributed by atoms with E-state index in [1.807, 2.05) is 0 Å². The molecule has 2 aromatic rings. The molecular formula is C24H33F3N4O2. The van der Waals surface area contributed by atoms with Crippen LogP contribution in [0.3, 0.4) is 0 Å². The fourth-order valence-electron chi connectivity index (χ4n) is 4.62. The van der Waals surface area contributed by atoms with Crippen molar-refractivity contribution >= 4 is 16.6 Å². The molecule has 0 spiro atoms. The Labute approximate surface area is 193 Å². The third-order valence-electron chi connectivity index (χ3n) is 6.54. The first-order chi connectivity index (χ1) is 15.8. The molecule has 182 valence electrons. The minimum atomic E-state index is -4.53. The molecule has 9 heteroatoms. The van der Waals surface area contributed by atoms with Crippen LogP contribution in [-0.2, 0) is 6.18 Å². The summed E-state index contributed by atoms with van der Waals surface area (Å²) in [6.45, 7) is 5.49. The van der Waals surface area contributed by atoms with Crippen LogP contribution in [0, 0.1) is 0 Å². The number of ether oxygens (including phenoxy) is 2. The molecule has 4 rings (SSSR count). The van der Waals surface area contributed by atoms with Gasteiger partial charge in [-0.25, -0.2) is 4.98 Å². The molecule has 33 heavy (non-hydrogen) atoms. The lowest BCUT2D eigenvalue weighted by molar-refractivity contribution is -0.140. The number of methoxy groups -OCH3 is 1. The van der Waals surface area contributed by atoms with E-state index < -0.39 is 11.9 Å². The van der Waals surface area contributed by atoms with Crippen molar-refractivity contribution in [1.82, 2.24) is 14.8 Å². The van der Waals surface area contributed by atoms with Crippen LogP contribution in [0.2, 0.25) is 0 Å². The predicted molar refractivity (Wildman–Crippen MR) is 123 cm³/mol. The summed E-state index contributed by atoms with van der Waals surface area (Å²) < 4.78 is 52.3. The summed E-state index contributed by atoms with van der Waals surface area (Å²) in [5, 5.41) is 3.94. The Balaban J connectivity index is 1.58. The first-order valence-electron chi connectivity index (χ1n) is 11.7. The molecule has 1 N–H and O–H groups in total. The van der Waals surface area contributed by atoms with E-state index in [9.17, 15) is 13.2 Å². The number of nitrogens with zero attached hydrogens (tertiary/aromatic N) is 3. The fraction of sp³-hybridized carbons (Fsp3) is 0.625. The van der Waals surface area contributed by atoms with Crippen molar-refractivity contribution in [1.29, 1.82) is 0 Å². The molecule has 0 aliphatic carbocycles. The summed E-state index contributed by atoms with van der Waals surface area (Å²) >= 11 is 0. The summed E-state index contributed by atoms with van der Waals surface area (Å²) in [7, 11) is 3.59. The highest BCUT2D eigenvalue weighted by atomic mass is 19.4. The minimum absolute atomic E-state index is 0.111. The second kappa shape index (κ2) is 10.3. The van der Waals surface area contributed by atoms with Crippen molar-refractivity contribution in [3.63, 3.8) is 0 Å². The number of anilines is 1. The summed E-state index contributed by atoms with van der Waals surface area (Å²) in [6, 6.07) is 4.52. The molecule has 2 aliphatic rings. The average Bonchev–Trinajstić information content (AvgIpc) is 3.30.